The zero-order chi connectivity index (χ0) is 19.6. The lowest BCUT2D eigenvalue weighted by atomic mass is 10.0. The molecule has 0 fully saturated rings. The molecule has 0 saturated heterocycles. The summed E-state index contributed by atoms with van der Waals surface area (Å²) in [7, 11) is 0. The van der Waals surface area contributed by atoms with Gasteiger partial charge in [0.1, 0.15) is 6.23 Å². The van der Waals surface area contributed by atoms with Gasteiger partial charge < -0.3 is 10.2 Å². The Morgan fingerprint density at radius 1 is 1.26 bits per heavy atom. The number of carboxylic acids is 1. The Morgan fingerprint density at radius 2 is 1.96 bits per heavy atom. The van der Waals surface area contributed by atoms with Gasteiger partial charge in [0.25, 0.3) is 0 Å². The minimum atomic E-state index is -1.01. The van der Waals surface area contributed by atoms with Crippen LogP contribution in [0, 0.1) is 6.92 Å². The number of carbonyl (C=O) groups is 1. The van der Waals surface area contributed by atoms with Crippen LogP contribution >= 0.6 is 11.8 Å². The molecule has 1 aromatic heterocycles. The summed E-state index contributed by atoms with van der Waals surface area (Å²) < 4.78 is 1.32. The van der Waals surface area contributed by atoms with Crippen molar-refractivity contribution in [1.82, 2.24) is 14.9 Å². The summed E-state index contributed by atoms with van der Waals surface area (Å²) in [6.45, 7) is 5.48. The fourth-order valence-electron chi connectivity index (χ4n) is 2.91. The number of aliphatic hydroxyl groups excluding tert-OH is 1. The van der Waals surface area contributed by atoms with Crippen molar-refractivity contribution in [3.05, 3.63) is 54.4 Å². The third-order valence-electron chi connectivity index (χ3n) is 4.44. The van der Waals surface area contributed by atoms with Gasteiger partial charge in [-0.25, -0.2) is 4.98 Å². The van der Waals surface area contributed by atoms with E-state index in [1.165, 1.54) is 22.7 Å². The number of nitrogens with zero attached hydrogens (tertiary/aromatic N) is 2. The molecule has 0 radical (unpaired) electrons. The van der Waals surface area contributed by atoms with E-state index in [9.17, 15) is 9.90 Å². The number of aliphatic carboxylic acids is 1. The molecule has 0 bridgehead atoms. The Morgan fingerprint density at radius 3 is 2.67 bits per heavy atom. The van der Waals surface area contributed by atoms with Crippen molar-refractivity contribution < 1.29 is 15.0 Å². The molecule has 7 heteroatoms. The van der Waals surface area contributed by atoms with Crippen molar-refractivity contribution in [3.8, 4) is 5.69 Å². The molecule has 0 saturated carbocycles. The van der Waals surface area contributed by atoms with Gasteiger partial charge in [-0.1, -0.05) is 42.1 Å². The predicted molar refractivity (Wildman–Crippen MR) is 107 cm³/mol. The number of aryl methyl sites for hydroxylation is 1. The molecule has 0 aliphatic heterocycles. The molecule has 1 heterocycles. The number of aliphatic hydroxyl groups is 1. The van der Waals surface area contributed by atoms with E-state index in [2.05, 4.69) is 41.5 Å². The summed E-state index contributed by atoms with van der Waals surface area (Å²) in [6, 6.07) is 12.4. The van der Waals surface area contributed by atoms with Crippen molar-refractivity contribution in [2.75, 3.05) is 6.54 Å². The maximum atomic E-state index is 10.7. The lowest BCUT2D eigenvalue weighted by molar-refractivity contribution is -0.136. The maximum Gasteiger partial charge on any atom is 0.317 e. The van der Waals surface area contributed by atoms with Crippen molar-refractivity contribution in [1.29, 1.82) is 0 Å². The van der Waals surface area contributed by atoms with Crippen LogP contribution in [0.15, 0.2) is 53.9 Å². The number of benzene rings is 2. The van der Waals surface area contributed by atoms with Crippen LogP contribution in [0.5, 0.6) is 0 Å². The van der Waals surface area contributed by atoms with Gasteiger partial charge in [-0.15, -0.1) is 0 Å². The molecule has 0 aliphatic rings. The first kappa shape index (κ1) is 19.4. The fourth-order valence-corrected chi connectivity index (χ4v) is 3.95. The monoisotopic (exact) mass is 385 g/mol. The van der Waals surface area contributed by atoms with Crippen LogP contribution in [0.25, 0.3) is 16.5 Å². The number of hydrogen-bond donors (Lipinski definition) is 3. The lowest BCUT2D eigenvalue weighted by Gasteiger charge is -2.30. The predicted octanol–water partition coefficient (Wildman–Crippen LogP) is 3.20. The summed E-state index contributed by atoms with van der Waals surface area (Å²) in [4.78, 5) is 15.2. The highest BCUT2D eigenvalue weighted by Gasteiger charge is 2.31. The maximum absolute atomic E-state index is 10.7. The van der Waals surface area contributed by atoms with Crippen molar-refractivity contribution in [2.45, 2.75) is 36.9 Å². The van der Waals surface area contributed by atoms with Crippen LogP contribution in [0.3, 0.4) is 0 Å². The molecule has 3 N–H and O–H groups in total. The van der Waals surface area contributed by atoms with Gasteiger partial charge in [0.2, 0.25) is 0 Å². The molecule has 0 spiro atoms. The number of nitrogens with one attached hydrogen (secondary N) is 1. The molecule has 1 atom stereocenters. The van der Waals surface area contributed by atoms with E-state index in [4.69, 9.17) is 5.11 Å². The summed E-state index contributed by atoms with van der Waals surface area (Å²) in [5.74, 6) is -1.01. The number of thioether (sulfide) groups is 1. The van der Waals surface area contributed by atoms with Gasteiger partial charge in [-0.2, -0.15) is 0 Å². The van der Waals surface area contributed by atoms with Crippen LogP contribution in [0.2, 0.25) is 0 Å². The van der Waals surface area contributed by atoms with E-state index in [0.29, 0.717) is 0 Å². The Kier molecular flexibility index (Phi) is 5.55. The second-order valence-corrected chi connectivity index (χ2v) is 8.53. The lowest BCUT2D eigenvalue weighted by Crippen LogP contribution is -2.46. The Balaban J connectivity index is 1.93. The molecule has 0 aliphatic carbocycles. The number of carboxylic acid groups (broad SMARTS) is 1. The van der Waals surface area contributed by atoms with E-state index in [-0.39, 0.29) is 6.54 Å². The van der Waals surface area contributed by atoms with Crippen molar-refractivity contribution >= 4 is 28.5 Å². The number of rotatable bonds is 7. The first-order valence-corrected chi connectivity index (χ1v) is 9.45. The number of imidazole rings is 1. The number of fused-ring (bicyclic) bond motifs is 1. The van der Waals surface area contributed by atoms with Gasteiger partial charge in [-0.05, 0) is 37.8 Å². The first-order chi connectivity index (χ1) is 12.8. The van der Waals surface area contributed by atoms with Crippen LogP contribution in [0.4, 0.5) is 0 Å². The Labute approximate surface area is 162 Å². The van der Waals surface area contributed by atoms with Crippen molar-refractivity contribution in [3.63, 3.8) is 0 Å². The molecule has 1 unspecified atom stereocenters. The van der Waals surface area contributed by atoms with Gasteiger partial charge >= 0.3 is 5.97 Å². The van der Waals surface area contributed by atoms with Gasteiger partial charge in [-0.3, -0.25) is 14.7 Å². The van der Waals surface area contributed by atoms with Gasteiger partial charge in [0.05, 0.1) is 17.0 Å². The second kappa shape index (κ2) is 7.72. The zero-order valence-corrected chi connectivity index (χ0v) is 16.3. The molecular formula is C20H23N3O3S. The zero-order valence-electron chi connectivity index (χ0n) is 15.5. The standard InChI is InChI=1S/C20H23N3O3S/c1-13-8-9-16(15-7-5-4-6-14(13)15)23-11-10-21-19(23)27-20(2,3)18(26)22-12-17(24)25/h4-11,18,22,26H,12H2,1-3H3,(H,24,25). The van der Waals surface area contributed by atoms with Gasteiger partial charge in [0.15, 0.2) is 5.16 Å². The van der Waals surface area contributed by atoms with Crippen LogP contribution in [-0.2, 0) is 4.79 Å². The van der Waals surface area contributed by atoms with Gasteiger partial charge in [0, 0.05) is 17.8 Å². The van der Waals surface area contributed by atoms with E-state index in [1.807, 2.05) is 36.7 Å². The summed E-state index contributed by atoms with van der Waals surface area (Å²) in [5, 5.41) is 24.8. The third-order valence-corrected chi connectivity index (χ3v) is 5.68. The quantitative estimate of drug-likeness (QED) is 0.428. The van der Waals surface area contributed by atoms with E-state index >= 15 is 0 Å². The smallest absolute Gasteiger partial charge is 0.317 e. The highest BCUT2D eigenvalue weighted by molar-refractivity contribution is 8.00. The minimum absolute atomic E-state index is 0.303. The topological polar surface area (TPSA) is 87.4 Å². The SMILES string of the molecule is Cc1ccc(-n2ccnc2SC(C)(C)C(O)NCC(=O)O)c2ccccc12. The average Bonchev–Trinajstić information content (AvgIpc) is 3.07. The first-order valence-electron chi connectivity index (χ1n) is 8.64. The molecule has 3 rings (SSSR count). The van der Waals surface area contributed by atoms with Crippen LogP contribution in [0.1, 0.15) is 19.4 Å². The molecule has 3 aromatic rings. The Bertz CT molecular complexity index is 968. The normalized spacial score (nSPS) is 13.0. The summed E-state index contributed by atoms with van der Waals surface area (Å²) in [6.07, 6.45) is 2.62. The van der Waals surface area contributed by atoms with Crippen LogP contribution in [-0.4, -0.2) is 43.3 Å². The highest BCUT2D eigenvalue weighted by Crippen LogP contribution is 2.36. The molecule has 2 aromatic carbocycles. The van der Waals surface area contributed by atoms with Crippen LogP contribution < -0.4 is 5.32 Å². The van der Waals surface area contributed by atoms with E-state index in [1.54, 1.807) is 6.20 Å². The summed E-state index contributed by atoms with van der Waals surface area (Å²) in [5.41, 5.74) is 2.22. The molecular weight excluding hydrogens is 362 g/mol. The molecule has 142 valence electrons. The third kappa shape index (κ3) is 4.16. The largest absolute Gasteiger partial charge is 0.480 e. The minimum Gasteiger partial charge on any atom is -0.480 e. The summed E-state index contributed by atoms with van der Waals surface area (Å²) >= 11 is 1.39. The Hall–Kier alpha value is -2.35. The second-order valence-electron chi connectivity index (χ2n) is 6.91. The average molecular weight is 385 g/mol. The van der Waals surface area contributed by atoms with E-state index < -0.39 is 16.9 Å². The molecule has 0 amide bonds. The molecule has 6 nitrogen and oxygen atoms in total. The van der Waals surface area contributed by atoms with E-state index in [0.717, 1.165) is 16.2 Å². The van der Waals surface area contributed by atoms with Crippen molar-refractivity contribution in [2.24, 2.45) is 0 Å². The number of hydrogen-bond acceptors (Lipinski definition) is 5. The highest BCUT2D eigenvalue weighted by atomic mass is 32.2. The molecule has 27 heavy (non-hydrogen) atoms. The fraction of sp³-hybridized carbons (Fsp3) is 0.300. The number of aromatic nitrogens is 2.